The van der Waals surface area contributed by atoms with Gasteiger partial charge in [0.05, 0.1) is 11.2 Å². The van der Waals surface area contributed by atoms with Crippen LogP contribution >= 0.6 is 11.3 Å². The first-order valence-electron chi connectivity index (χ1n) is 5.08. The van der Waals surface area contributed by atoms with Gasteiger partial charge in [0.1, 0.15) is 0 Å². The molecule has 0 amide bonds. The molecular weight excluding hydrogens is 246 g/mol. The van der Waals surface area contributed by atoms with E-state index in [2.05, 4.69) is 15.0 Å². The molecule has 1 atom stereocenters. The van der Waals surface area contributed by atoms with Crippen molar-refractivity contribution in [1.82, 2.24) is 15.0 Å². The maximum absolute atomic E-state index is 12.0. The van der Waals surface area contributed by atoms with Crippen LogP contribution in [0.15, 0.2) is 10.4 Å². The molecule has 0 bridgehead atoms. The van der Waals surface area contributed by atoms with Crippen molar-refractivity contribution in [2.45, 2.75) is 30.0 Å². The number of nitrogens with zero attached hydrogens (tertiary/aromatic N) is 1. The monoisotopic (exact) mass is 261 g/mol. The molecule has 1 fully saturated rings. The van der Waals surface area contributed by atoms with E-state index in [1.54, 1.807) is 6.92 Å². The Morgan fingerprint density at radius 1 is 1.62 bits per heavy atom. The third kappa shape index (κ3) is 2.42. The van der Waals surface area contributed by atoms with Gasteiger partial charge in [-0.3, -0.25) is 0 Å². The van der Waals surface area contributed by atoms with E-state index >= 15 is 0 Å². The molecule has 2 rings (SSSR count). The first-order valence-corrected chi connectivity index (χ1v) is 7.38. The fraction of sp³-hybridized carbons (Fsp3) is 0.667. The fourth-order valence-electron chi connectivity index (χ4n) is 1.74. The minimum absolute atomic E-state index is 0.290. The Morgan fingerprint density at radius 2 is 2.38 bits per heavy atom. The van der Waals surface area contributed by atoms with Gasteiger partial charge < -0.3 is 5.32 Å². The minimum atomic E-state index is -3.42. The van der Waals surface area contributed by atoms with E-state index in [-0.39, 0.29) is 9.75 Å². The van der Waals surface area contributed by atoms with E-state index in [9.17, 15) is 8.42 Å². The van der Waals surface area contributed by atoms with E-state index < -0.39 is 10.0 Å². The van der Waals surface area contributed by atoms with Crippen LogP contribution in [0.25, 0.3) is 0 Å². The minimum Gasteiger partial charge on any atom is -0.315 e. The Kier molecular flexibility index (Phi) is 3.04. The van der Waals surface area contributed by atoms with Gasteiger partial charge >= 0.3 is 0 Å². The average Bonchev–Trinajstić information content (AvgIpc) is 2.74. The lowest BCUT2D eigenvalue weighted by Crippen LogP contribution is -2.47. The molecule has 1 aromatic heterocycles. The highest BCUT2D eigenvalue weighted by molar-refractivity contribution is 7.91. The van der Waals surface area contributed by atoms with Crippen LogP contribution in [-0.4, -0.2) is 32.0 Å². The van der Waals surface area contributed by atoms with Gasteiger partial charge in [0.15, 0.2) is 4.21 Å². The first kappa shape index (κ1) is 12.0. The summed E-state index contributed by atoms with van der Waals surface area (Å²) in [6.45, 7) is 5.23. The van der Waals surface area contributed by atoms with Crippen molar-refractivity contribution in [3.05, 3.63) is 11.2 Å². The summed E-state index contributed by atoms with van der Waals surface area (Å²) in [6, 6.07) is 0. The van der Waals surface area contributed by atoms with Crippen LogP contribution in [0, 0.1) is 6.92 Å². The summed E-state index contributed by atoms with van der Waals surface area (Å²) in [7, 11) is -3.42. The Balaban J connectivity index is 2.20. The quantitative estimate of drug-likeness (QED) is 0.830. The van der Waals surface area contributed by atoms with Crippen LogP contribution in [0.1, 0.15) is 18.4 Å². The topological polar surface area (TPSA) is 71.1 Å². The van der Waals surface area contributed by atoms with Crippen LogP contribution in [0.5, 0.6) is 0 Å². The van der Waals surface area contributed by atoms with Crippen molar-refractivity contribution < 1.29 is 8.42 Å². The highest BCUT2D eigenvalue weighted by atomic mass is 32.2. The highest BCUT2D eigenvalue weighted by Gasteiger charge is 2.34. The zero-order valence-corrected chi connectivity index (χ0v) is 10.9. The number of thiazole rings is 1. The van der Waals surface area contributed by atoms with E-state index in [1.807, 2.05) is 6.92 Å². The second-order valence-electron chi connectivity index (χ2n) is 4.29. The number of hydrogen-bond donors (Lipinski definition) is 2. The molecule has 0 aromatic carbocycles. The molecule has 1 saturated heterocycles. The maximum atomic E-state index is 12.0. The smallest absolute Gasteiger partial charge is 0.252 e. The summed E-state index contributed by atoms with van der Waals surface area (Å²) in [6.07, 6.45) is 2.22. The van der Waals surface area contributed by atoms with E-state index in [4.69, 9.17) is 0 Å². The Bertz CT molecular complexity index is 475. The van der Waals surface area contributed by atoms with Crippen molar-refractivity contribution in [3.63, 3.8) is 0 Å². The SMILES string of the molecule is Cc1ncc(S(=O)(=O)NC2(C)CCNC2)s1. The highest BCUT2D eigenvalue weighted by Crippen LogP contribution is 2.22. The Labute approximate surface area is 99.3 Å². The predicted octanol–water partition coefficient (Wildman–Crippen LogP) is 0.482. The summed E-state index contributed by atoms with van der Waals surface area (Å²) >= 11 is 1.19. The number of aryl methyl sites for hydroxylation is 1. The second-order valence-corrected chi connectivity index (χ2v) is 7.44. The molecule has 0 aliphatic carbocycles. The molecule has 5 nitrogen and oxygen atoms in total. The van der Waals surface area contributed by atoms with E-state index in [0.717, 1.165) is 18.0 Å². The molecule has 7 heteroatoms. The van der Waals surface area contributed by atoms with Crippen LogP contribution in [0.4, 0.5) is 0 Å². The largest absolute Gasteiger partial charge is 0.315 e. The number of hydrogen-bond acceptors (Lipinski definition) is 5. The van der Waals surface area contributed by atoms with Gasteiger partial charge in [0.2, 0.25) is 0 Å². The lowest BCUT2D eigenvalue weighted by molar-refractivity contribution is 0.452. The average molecular weight is 261 g/mol. The zero-order valence-electron chi connectivity index (χ0n) is 9.28. The summed E-state index contributed by atoms with van der Waals surface area (Å²) in [4.78, 5) is 3.96. The van der Waals surface area contributed by atoms with Gasteiger partial charge in [-0.05, 0) is 26.8 Å². The summed E-state index contributed by atoms with van der Waals surface area (Å²) in [5.74, 6) is 0. The van der Waals surface area contributed by atoms with Gasteiger partial charge in [-0.1, -0.05) is 0 Å². The molecule has 0 radical (unpaired) electrons. The molecular formula is C9H15N3O2S2. The van der Waals surface area contributed by atoms with Gasteiger partial charge in [-0.2, -0.15) is 0 Å². The lowest BCUT2D eigenvalue weighted by Gasteiger charge is -2.23. The number of sulfonamides is 1. The van der Waals surface area contributed by atoms with Crippen molar-refractivity contribution in [1.29, 1.82) is 0 Å². The molecule has 1 aliphatic rings. The van der Waals surface area contributed by atoms with Crippen LogP contribution < -0.4 is 10.0 Å². The van der Waals surface area contributed by atoms with Gasteiger partial charge in [-0.15, -0.1) is 11.3 Å². The van der Waals surface area contributed by atoms with Crippen molar-refractivity contribution >= 4 is 21.4 Å². The van der Waals surface area contributed by atoms with Gasteiger partial charge in [0.25, 0.3) is 10.0 Å². The summed E-state index contributed by atoms with van der Waals surface area (Å²) in [5, 5.41) is 3.91. The van der Waals surface area contributed by atoms with Crippen LogP contribution in [-0.2, 0) is 10.0 Å². The fourth-order valence-corrected chi connectivity index (χ4v) is 4.29. The van der Waals surface area contributed by atoms with Crippen molar-refractivity contribution in [3.8, 4) is 0 Å². The molecule has 2 N–H and O–H groups in total. The van der Waals surface area contributed by atoms with Crippen LogP contribution in [0.2, 0.25) is 0 Å². The third-order valence-corrected chi connectivity index (χ3v) is 5.63. The van der Waals surface area contributed by atoms with E-state index in [0.29, 0.717) is 6.54 Å². The molecule has 0 spiro atoms. The normalized spacial score (nSPS) is 26.1. The number of rotatable bonds is 3. The van der Waals surface area contributed by atoms with Crippen molar-refractivity contribution in [2.75, 3.05) is 13.1 Å². The van der Waals surface area contributed by atoms with Gasteiger partial charge in [-0.25, -0.2) is 18.1 Å². The molecule has 2 heterocycles. The predicted molar refractivity (Wildman–Crippen MR) is 63.1 cm³/mol. The first-order chi connectivity index (χ1) is 7.41. The second kappa shape index (κ2) is 4.06. The standard InChI is InChI=1S/C9H15N3O2S2/c1-7-11-5-8(15-7)16(13,14)12-9(2)3-4-10-6-9/h5,10,12H,3-4,6H2,1-2H3. The number of aromatic nitrogens is 1. The van der Waals surface area contributed by atoms with Crippen molar-refractivity contribution in [2.24, 2.45) is 0 Å². The molecule has 16 heavy (non-hydrogen) atoms. The molecule has 1 aliphatic heterocycles. The lowest BCUT2D eigenvalue weighted by atomic mass is 10.0. The Hall–Kier alpha value is -0.500. The summed E-state index contributed by atoms with van der Waals surface area (Å²) in [5.41, 5.74) is -0.378. The summed E-state index contributed by atoms with van der Waals surface area (Å²) < 4.78 is 27.1. The third-order valence-electron chi connectivity index (χ3n) is 2.61. The molecule has 90 valence electrons. The van der Waals surface area contributed by atoms with Gasteiger partial charge in [0, 0.05) is 12.1 Å². The number of nitrogens with one attached hydrogen (secondary N) is 2. The zero-order chi connectivity index (χ0) is 11.8. The maximum Gasteiger partial charge on any atom is 0.252 e. The molecule has 0 saturated carbocycles. The van der Waals surface area contributed by atoms with Crippen LogP contribution in [0.3, 0.4) is 0 Å². The molecule has 1 unspecified atom stereocenters. The Morgan fingerprint density at radius 3 is 2.88 bits per heavy atom. The van der Waals surface area contributed by atoms with E-state index in [1.165, 1.54) is 17.5 Å². The molecule has 1 aromatic rings.